The maximum Gasteiger partial charge on any atom is 0.338 e. The Morgan fingerprint density at radius 3 is 2.79 bits per heavy atom. The zero-order valence-corrected chi connectivity index (χ0v) is 13.9. The van der Waals surface area contributed by atoms with E-state index in [0.29, 0.717) is 17.4 Å². The maximum absolute atomic E-state index is 12.4. The molecule has 3 rings (SSSR count). The molecular weight excluding hydrogens is 310 g/mol. The number of likely N-dealkylation sites (N-methyl/N-ethyl adjacent to an activating group) is 1. The van der Waals surface area contributed by atoms with E-state index in [9.17, 15) is 14.4 Å². The van der Waals surface area contributed by atoms with Gasteiger partial charge < -0.3 is 9.64 Å². The van der Waals surface area contributed by atoms with Gasteiger partial charge in [-0.25, -0.2) is 9.78 Å². The van der Waals surface area contributed by atoms with Crippen LogP contribution >= 0.6 is 0 Å². The summed E-state index contributed by atoms with van der Waals surface area (Å²) in [5.41, 5.74) is 0.675. The van der Waals surface area contributed by atoms with Gasteiger partial charge in [0.05, 0.1) is 16.5 Å². The minimum absolute atomic E-state index is 0.0800. The van der Waals surface area contributed by atoms with Crippen LogP contribution < -0.4 is 5.56 Å². The normalized spacial score (nSPS) is 14.3. The first-order valence-corrected chi connectivity index (χ1v) is 7.84. The van der Waals surface area contributed by atoms with Crippen LogP contribution in [0.1, 0.15) is 29.5 Å². The first-order valence-electron chi connectivity index (χ1n) is 7.84. The van der Waals surface area contributed by atoms with Crippen molar-refractivity contribution in [3.8, 4) is 0 Å². The summed E-state index contributed by atoms with van der Waals surface area (Å²) in [5, 5.41) is 0.481. The number of hydrogen-bond acceptors (Lipinski definition) is 5. The number of esters is 1. The first-order chi connectivity index (χ1) is 11.4. The fourth-order valence-electron chi connectivity index (χ4n) is 2.85. The lowest BCUT2D eigenvalue weighted by Gasteiger charge is -2.17. The van der Waals surface area contributed by atoms with Gasteiger partial charge in [-0.15, -0.1) is 0 Å². The lowest BCUT2D eigenvalue weighted by molar-refractivity contribution is -0.137. The van der Waals surface area contributed by atoms with Crippen molar-refractivity contribution in [1.82, 2.24) is 14.5 Å². The number of amides is 1. The Morgan fingerprint density at radius 1 is 1.33 bits per heavy atom. The van der Waals surface area contributed by atoms with Gasteiger partial charge >= 0.3 is 5.97 Å². The Morgan fingerprint density at radius 2 is 2.08 bits per heavy atom. The molecular formula is C17H19N3O4. The predicted molar refractivity (Wildman–Crippen MR) is 87.9 cm³/mol. The molecule has 1 aliphatic heterocycles. The molecule has 1 aromatic carbocycles. The number of fused-ring (bicyclic) bond motifs is 2. The first kappa shape index (κ1) is 16.2. The summed E-state index contributed by atoms with van der Waals surface area (Å²) >= 11 is 0. The summed E-state index contributed by atoms with van der Waals surface area (Å²) in [7, 11) is 3.20. The van der Waals surface area contributed by atoms with Gasteiger partial charge in [0.1, 0.15) is 5.82 Å². The van der Waals surface area contributed by atoms with Crippen LogP contribution in [0.3, 0.4) is 0 Å². The van der Waals surface area contributed by atoms with E-state index in [4.69, 9.17) is 4.74 Å². The number of carbonyl (C=O) groups excluding carboxylic acids is 2. The maximum atomic E-state index is 12.4. The Bertz CT molecular complexity index is 885. The molecule has 1 aliphatic rings. The van der Waals surface area contributed by atoms with Crippen LogP contribution in [0.25, 0.3) is 10.9 Å². The quantitative estimate of drug-likeness (QED) is 0.784. The van der Waals surface area contributed by atoms with Crippen molar-refractivity contribution >= 4 is 22.8 Å². The second-order valence-corrected chi connectivity index (χ2v) is 6.10. The Labute approximate surface area is 138 Å². The molecule has 1 atom stereocenters. The molecule has 0 N–H and O–H groups in total. The minimum Gasteiger partial charge on any atom is -0.449 e. The zero-order chi connectivity index (χ0) is 17.4. The van der Waals surface area contributed by atoms with E-state index in [2.05, 4.69) is 4.98 Å². The summed E-state index contributed by atoms with van der Waals surface area (Å²) in [4.78, 5) is 42.3. The number of rotatable bonds is 3. The Kier molecular flexibility index (Phi) is 4.09. The number of carbonyl (C=O) groups is 2. The van der Waals surface area contributed by atoms with Gasteiger partial charge in [-0.1, -0.05) is 0 Å². The van der Waals surface area contributed by atoms with Gasteiger partial charge in [-0.05, 0) is 31.5 Å². The molecule has 1 amide bonds. The number of aromatic nitrogens is 2. The molecule has 0 saturated heterocycles. The van der Waals surface area contributed by atoms with E-state index in [0.717, 1.165) is 18.7 Å². The van der Waals surface area contributed by atoms with Crippen LogP contribution in [0.2, 0.25) is 0 Å². The number of hydrogen-bond donors (Lipinski definition) is 0. The van der Waals surface area contributed by atoms with Gasteiger partial charge in [0.25, 0.3) is 11.5 Å². The number of nitrogens with zero attached hydrogens (tertiary/aromatic N) is 3. The average Bonchev–Trinajstić information content (AvgIpc) is 3.02. The van der Waals surface area contributed by atoms with Crippen molar-refractivity contribution in [3.63, 3.8) is 0 Å². The molecule has 0 aliphatic carbocycles. The minimum atomic E-state index is -0.873. The largest absolute Gasteiger partial charge is 0.449 e. The summed E-state index contributed by atoms with van der Waals surface area (Å²) in [6.45, 7) is 2.21. The SMILES string of the molecule is C[C@H](OC(=O)c1ccc2c(=O)n3c(nc2c1)CCC3)C(=O)N(C)C. The molecule has 1 aromatic heterocycles. The van der Waals surface area contributed by atoms with Crippen molar-refractivity contribution in [2.24, 2.45) is 0 Å². The zero-order valence-electron chi connectivity index (χ0n) is 13.9. The van der Waals surface area contributed by atoms with Crippen LogP contribution in [0.5, 0.6) is 0 Å². The van der Waals surface area contributed by atoms with Crippen molar-refractivity contribution in [1.29, 1.82) is 0 Å². The number of benzene rings is 1. The average molecular weight is 329 g/mol. The molecule has 2 aromatic rings. The van der Waals surface area contributed by atoms with Gasteiger partial charge in [-0.3, -0.25) is 14.2 Å². The third-order valence-corrected chi connectivity index (χ3v) is 4.12. The lowest BCUT2D eigenvalue weighted by atomic mass is 10.1. The molecule has 7 nitrogen and oxygen atoms in total. The highest BCUT2D eigenvalue weighted by atomic mass is 16.5. The Balaban J connectivity index is 1.91. The molecule has 2 heterocycles. The second kappa shape index (κ2) is 6.07. The van der Waals surface area contributed by atoms with Crippen LogP contribution in [-0.4, -0.2) is 46.5 Å². The molecule has 7 heteroatoms. The molecule has 0 bridgehead atoms. The van der Waals surface area contributed by atoms with E-state index < -0.39 is 12.1 Å². The molecule has 126 valence electrons. The Hall–Kier alpha value is -2.70. The predicted octanol–water partition coefficient (Wildman–Crippen LogP) is 0.976. The highest BCUT2D eigenvalue weighted by molar-refractivity contribution is 5.95. The summed E-state index contributed by atoms with van der Waals surface area (Å²) in [6, 6.07) is 4.67. The molecule has 0 radical (unpaired) electrons. The van der Waals surface area contributed by atoms with Crippen molar-refractivity contribution < 1.29 is 14.3 Å². The smallest absolute Gasteiger partial charge is 0.338 e. The topological polar surface area (TPSA) is 81.5 Å². The van der Waals surface area contributed by atoms with Crippen LogP contribution in [-0.2, 0) is 22.5 Å². The fraction of sp³-hybridized carbons (Fsp3) is 0.412. The van der Waals surface area contributed by atoms with E-state index >= 15 is 0 Å². The van der Waals surface area contributed by atoms with Crippen molar-refractivity contribution in [3.05, 3.63) is 39.9 Å². The van der Waals surface area contributed by atoms with E-state index in [-0.39, 0.29) is 17.0 Å². The van der Waals surface area contributed by atoms with E-state index in [1.807, 2.05) is 0 Å². The number of aryl methyl sites for hydroxylation is 1. The fourth-order valence-corrected chi connectivity index (χ4v) is 2.85. The van der Waals surface area contributed by atoms with Gasteiger partial charge in [0.15, 0.2) is 6.10 Å². The monoisotopic (exact) mass is 329 g/mol. The van der Waals surface area contributed by atoms with Crippen molar-refractivity contribution in [2.75, 3.05) is 14.1 Å². The molecule has 0 spiro atoms. The molecule has 0 fully saturated rings. The molecule has 0 saturated carbocycles. The standard InChI is InChI=1S/C17H19N3O4/c1-10(15(21)19(2)3)24-17(23)11-6-7-12-13(9-11)18-14-5-4-8-20(14)16(12)22/h6-7,9-10H,4-5,8H2,1-3H3/t10-/m0/s1. The van der Waals surface area contributed by atoms with Crippen LogP contribution in [0, 0.1) is 0 Å². The highest BCUT2D eigenvalue weighted by Crippen LogP contribution is 2.17. The number of ether oxygens (including phenoxy) is 1. The van der Waals surface area contributed by atoms with Crippen molar-refractivity contribution in [2.45, 2.75) is 32.4 Å². The lowest BCUT2D eigenvalue weighted by Crippen LogP contribution is -2.34. The summed E-state index contributed by atoms with van der Waals surface area (Å²) in [5.74, 6) is -0.158. The highest BCUT2D eigenvalue weighted by Gasteiger charge is 2.21. The third-order valence-electron chi connectivity index (χ3n) is 4.12. The summed E-state index contributed by atoms with van der Waals surface area (Å²) < 4.78 is 6.87. The van der Waals surface area contributed by atoms with E-state index in [1.54, 1.807) is 30.8 Å². The third kappa shape index (κ3) is 2.77. The summed E-state index contributed by atoms with van der Waals surface area (Å²) in [6.07, 6.45) is 0.785. The van der Waals surface area contributed by atoms with Gasteiger partial charge in [0, 0.05) is 27.1 Å². The van der Waals surface area contributed by atoms with Gasteiger partial charge in [-0.2, -0.15) is 0 Å². The molecule has 0 unspecified atom stereocenters. The second-order valence-electron chi connectivity index (χ2n) is 6.10. The van der Waals surface area contributed by atoms with E-state index in [1.165, 1.54) is 17.9 Å². The molecule has 24 heavy (non-hydrogen) atoms. The van der Waals surface area contributed by atoms with Crippen LogP contribution in [0.4, 0.5) is 0 Å². The van der Waals surface area contributed by atoms with Gasteiger partial charge in [0.2, 0.25) is 0 Å². The van der Waals surface area contributed by atoms with Crippen LogP contribution in [0.15, 0.2) is 23.0 Å².